The number of carbonyl (C=O) groups excluding carboxylic acids is 1. The summed E-state index contributed by atoms with van der Waals surface area (Å²) in [4.78, 5) is 22.9. The third-order valence-corrected chi connectivity index (χ3v) is 3.64. The molecule has 1 atom stereocenters. The van der Waals surface area contributed by atoms with Crippen molar-refractivity contribution in [3.8, 4) is 0 Å². The lowest BCUT2D eigenvalue weighted by molar-refractivity contribution is -0.138. The van der Waals surface area contributed by atoms with Crippen LogP contribution in [0.3, 0.4) is 0 Å². The molecule has 0 amide bonds. The molecule has 0 fully saturated rings. The highest BCUT2D eigenvalue weighted by Crippen LogP contribution is 2.23. The Morgan fingerprint density at radius 3 is 2.18 bits per heavy atom. The van der Waals surface area contributed by atoms with E-state index < -0.39 is 17.9 Å². The van der Waals surface area contributed by atoms with E-state index in [1.54, 1.807) is 48.5 Å². The van der Waals surface area contributed by atoms with Crippen molar-refractivity contribution in [2.24, 2.45) is 0 Å². The van der Waals surface area contributed by atoms with Gasteiger partial charge in [0.25, 0.3) is 0 Å². The Morgan fingerprint density at radius 2 is 1.68 bits per heavy atom. The lowest BCUT2D eigenvalue weighted by Gasteiger charge is -2.13. The molecule has 0 saturated carbocycles. The molecule has 0 radical (unpaired) electrons. The molecule has 0 saturated heterocycles. The van der Waals surface area contributed by atoms with E-state index >= 15 is 0 Å². The quantitative estimate of drug-likeness (QED) is 0.856. The fourth-order valence-electron chi connectivity index (χ4n) is 2.17. The van der Waals surface area contributed by atoms with Gasteiger partial charge in [0.15, 0.2) is 0 Å². The van der Waals surface area contributed by atoms with Crippen LogP contribution in [0.15, 0.2) is 48.5 Å². The molecule has 0 spiro atoms. The Hall–Kier alpha value is -2.33. The number of carboxylic acids is 1. The maximum atomic E-state index is 11.5. The Kier molecular flexibility index (Phi) is 5.17. The second-order valence-electron chi connectivity index (χ2n) is 4.84. The van der Waals surface area contributed by atoms with E-state index in [0.717, 1.165) is 5.56 Å². The number of ether oxygens (including phenoxy) is 1. The van der Waals surface area contributed by atoms with Crippen LogP contribution < -0.4 is 0 Å². The second-order valence-corrected chi connectivity index (χ2v) is 5.27. The molecule has 0 aliphatic rings. The van der Waals surface area contributed by atoms with Crippen LogP contribution in [-0.2, 0) is 16.0 Å². The van der Waals surface area contributed by atoms with Crippen LogP contribution in [0.25, 0.3) is 0 Å². The van der Waals surface area contributed by atoms with Gasteiger partial charge in [-0.1, -0.05) is 35.9 Å². The number of rotatable bonds is 5. The monoisotopic (exact) mass is 318 g/mol. The van der Waals surface area contributed by atoms with Crippen LogP contribution in [0, 0.1) is 0 Å². The summed E-state index contributed by atoms with van der Waals surface area (Å²) in [6, 6.07) is 13.5. The number of esters is 1. The lowest BCUT2D eigenvalue weighted by Crippen LogP contribution is -2.14. The molecule has 2 aromatic carbocycles. The summed E-state index contributed by atoms with van der Waals surface area (Å²) in [5.41, 5.74) is 1.95. The lowest BCUT2D eigenvalue weighted by atomic mass is 9.92. The summed E-state index contributed by atoms with van der Waals surface area (Å²) >= 11 is 5.83. The largest absolute Gasteiger partial charge is 0.481 e. The summed E-state index contributed by atoms with van der Waals surface area (Å²) in [6.45, 7) is 0. The van der Waals surface area contributed by atoms with Gasteiger partial charge in [0.2, 0.25) is 0 Å². The highest BCUT2D eigenvalue weighted by atomic mass is 35.5. The van der Waals surface area contributed by atoms with Crippen LogP contribution in [0.5, 0.6) is 0 Å². The second kappa shape index (κ2) is 7.09. The Bertz CT molecular complexity index is 662. The molecule has 4 nitrogen and oxygen atoms in total. The Balaban J connectivity index is 2.19. The van der Waals surface area contributed by atoms with Crippen molar-refractivity contribution < 1.29 is 19.4 Å². The van der Waals surface area contributed by atoms with Crippen molar-refractivity contribution in [3.63, 3.8) is 0 Å². The molecule has 1 N–H and O–H groups in total. The van der Waals surface area contributed by atoms with Crippen LogP contribution in [0.1, 0.15) is 27.4 Å². The van der Waals surface area contributed by atoms with Gasteiger partial charge in [0, 0.05) is 5.02 Å². The number of methoxy groups -OCH3 is 1. The van der Waals surface area contributed by atoms with Crippen LogP contribution in [0.4, 0.5) is 0 Å². The van der Waals surface area contributed by atoms with Crippen molar-refractivity contribution in [2.75, 3.05) is 7.11 Å². The number of hydrogen-bond donors (Lipinski definition) is 1. The molecule has 114 valence electrons. The highest BCUT2D eigenvalue weighted by Gasteiger charge is 2.20. The van der Waals surface area contributed by atoms with Gasteiger partial charge in [-0.2, -0.15) is 0 Å². The fraction of sp³-hybridized carbons (Fsp3) is 0.176. The predicted octanol–water partition coefficient (Wildman–Crippen LogP) is 3.54. The number of halogens is 1. The summed E-state index contributed by atoms with van der Waals surface area (Å²) in [5, 5.41) is 10.00. The number of hydrogen-bond acceptors (Lipinski definition) is 3. The molecule has 0 heterocycles. The molecular formula is C17H15ClO4. The van der Waals surface area contributed by atoms with Gasteiger partial charge in [-0.3, -0.25) is 4.79 Å². The van der Waals surface area contributed by atoms with E-state index in [2.05, 4.69) is 4.74 Å². The van der Waals surface area contributed by atoms with Crippen LogP contribution in [-0.4, -0.2) is 24.2 Å². The molecular weight excluding hydrogens is 304 g/mol. The molecule has 2 aromatic rings. The maximum absolute atomic E-state index is 11.5. The topological polar surface area (TPSA) is 63.6 Å². The van der Waals surface area contributed by atoms with Gasteiger partial charge in [0.05, 0.1) is 18.6 Å². The number of benzene rings is 2. The molecule has 1 unspecified atom stereocenters. The Labute approximate surface area is 133 Å². The van der Waals surface area contributed by atoms with Gasteiger partial charge in [-0.15, -0.1) is 0 Å². The molecule has 0 bridgehead atoms. The van der Waals surface area contributed by atoms with Crippen molar-refractivity contribution in [1.29, 1.82) is 0 Å². The van der Waals surface area contributed by atoms with Gasteiger partial charge < -0.3 is 9.84 Å². The highest BCUT2D eigenvalue weighted by molar-refractivity contribution is 6.30. The first-order valence-corrected chi connectivity index (χ1v) is 7.04. The van der Waals surface area contributed by atoms with E-state index in [9.17, 15) is 14.7 Å². The van der Waals surface area contributed by atoms with Gasteiger partial charge in [-0.05, 0) is 41.8 Å². The minimum Gasteiger partial charge on any atom is -0.481 e. The van der Waals surface area contributed by atoms with E-state index in [1.165, 1.54) is 7.11 Å². The standard InChI is InChI=1S/C17H15ClO4/c1-22-17(21)13-4-2-11(3-5-13)10-15(16(19)20)12-6-8-14(18)9-7-12/h2-9,15H,10H2,1H3,(H,19,20). The van der Waals surface area contributed by atoms with E-state index in [0.29, 0.717) is 22.6 Å². The predicted molar refractivity (Wildman–Crippen MR) is 83.3 cm³/mol. The minimum absolute atomic E-state index is 0.332. The van der Waals surface area contributed by atoms with Crippen molar-refractivity contribution in [1.82, 2.24) is 0 Å². The van der Waals surface area contributed by atoms with Gasteiger partial charge >= 0.3 is 11.9 Å². The zero-order chi connectivity index (χ0) is 16.1. The average Bonchev–Trinajstić information content (AvgIpc) is 2.53. The summed E-state index contributed by atoms with van der Waals surface area (Å²) in [5.74, 6) is -1.99. The van der Waals surface area contributed by atoms with E-state index in [1.807, 2.05) is 0 Å². The fourth-order valence-corrected chi connectivity index (χ4v) is 2.30. The molecule has 0 aromatic heterocycles. The average molecular weight is 319 g/mol. The smallest absolute Gasteiger partial charge is 0.337 e. The van der Waals surface area contributed by atoms with Crippen LogP contribution in [0.2, 0.25) is 5.02 Å². The summed E-state index contributed by atoms with van der Waals surface area (Å²) in [7, 11) is 1.32. The van der Waals surface area contributed by atoms with Gasteiger partial charge in [-0.25, -0.2) is 4.79 Å². The molecule has 0 aliphatic heterocycles. The molecule has 2 rings (SSSR count). The van der Waals surface area contributed by atoms with E-state index in [4.69, 9.17) is 11.6 Å². The Morgan fingerprint density at radius 1 is 1.09 bits per heavy atom. The number of carbonyl (C=O) groups is 2. The molecule has 0 aliphatic carbocycles. The van der Waals surface area contributed by atoms with Crippen LogP contribution >= 0.6 is 11.6 Å². The minimum atomic E-state index is -0.903. The zero-order valence-electron chi connectivity index (χ0n) is 12.0. The summed E-state index contributed by atoms with van der Waals surface area (Å²) in [6.07, 6.45) is 0.332. The third kappa shape index (κ3) is 3.86. The molecule has 22 heavy (non-hydrogen) atoms. The first kappa shape index (κ1) is 16.0. The maximum Gasteiger partial charge on any atom is 0.337 e. The van der Waals surface area contributed by atoms with E-state index in [-0.39, 0.29) is 0 Å². The van der Waals surface area contributed by atoms with Gasteiger partial charge in [0.1, 0.15) is 0 Å². The molecule has 5 heteroatoms. The third-order valence-electron chi connectivity index (χ3n) is 3.39. The van der Waals surface area contributed by atoms with Crippen molar-refractivity contribution in [3.05, 3.63) is 70.2 Å². The first-order valence-electron chi connectivity index (χ1n) is 6.67. The zero-order valence-corrected chi connectivity index (χ0v) is 12.7. The normalized spacial score (nSPS) is 11.7. The SMILES string of the molecule is COC(=O)c1ccc(CC(C(=O)O)c2ccc(Cl)cc2)cc1. The first-order chi connectivity index (χ1) is 10.5. The number of carboxylic acid groups (broad SMARTS) is 1. The van der Waals surface area contributed by atoms with Crippen molar-refractivity contribution in [2.45, 2.75) is 12.3 Å². The number of aliphatic carboxylic acids is 1. The van der Waals surface area contributed by atoms with Crippen molar-refractivity contribution >= 4 is 23.5 Å². The summed E-state index contributed by atoms with van der Waals surface area (Å²) < 4.78 is 4.63.